The van der Waals surface area contributed by atoms with Gasteiger partial charge in [0.1, 0.15) is 41.5 Å². The number of anilines is 1. The summed E-state index contributed by atoms with van der Waals surface area (Å²) in [5.41, 5.74) is 1.67. The summed E-state index contributed by atoms with van der Waals surface area (Å²) in [5.74, 6) is -1.08. The van der Waals surface area contributed by atoms with Crippen molar-refractivity contribution in [3.05, 3.63) is 53.6 Å². The van der Waals surface area contributed by atoms with Crippen LogP contribution in [0, 0.1) is 0 Å². The number of amides is 1. The molecule has 2 aromatic carbocycles. The Hall–Kier alpha value is -2.89. The Labute approximate surface area is 185 Å². The van der Waals surface area contributed by atoms with Gasteiger partial charge in [0.2, 0.25) is 6.29 Å². The maximum atomic E-state index is 12.8. The van der Waals surface area contributed by atoms with Crippen molar-refractivity contribution in [2.75, 3.05) is 25.6 Å². The number of aromatic hydroxyl groups is 1. The van der Waals surface area contributed by atoms with E-state index in [1.165, 1.54) is 18.2 Å². The molecule has 3 rings (SSSR count). The van der Waals surface area contributed by atoms with Crippen molar-refractivity contribution < 1.29 is 39.8 Å². The number of benzene rings is 2. The zero-order valence-corrected chi connectivity index (χ0v) is 17.8. The maximum absolute atomic E-state index is 12.8. The van der Waals surface area contributed by atoms with Crippen molar-refractivity contribution in [1.82, 2.24) is 5.32 Å². The van der Waals surface area contributed by atoms with Crippen LogP contribution in [-0.4, -0.2) is 82.8 Å². The number of phenolic OH excluding ortho intramolecular Hbond substituents is 1. The van der Waals surface area contributed by atoms with Crippen LogP contribution in [-0.2, 0) is 11.3 Å². The van der Waals surface area contributed by atoms with Crippen molar-refractivity contribution in [3.63, 3.8) is 0 Å². The first-order valence-corrected chi connectivity index (χ1v) is 10.1. The minimum atomic E-state index is -1.65. The smallest absolute Gasteiger partial charge is 0.259 e. The molecule has 1 amide bonds. The number of phenols is 1. The second-order valence-corrected chi connectivity index (χ2v) is 7.71. The first kappa shape index (κ1) is 23.8. The van der Waals surface area contributed by atoms with Gasteiger partial charge in [0.15, 0.2) is 0 Å². The second-order valence-electron chi connectivity index (χ2n) is 7.71. The molecule has 0 spiro atoms. The molecule has 1 aliphatic heterocycles. The van der Waals surface area contributed by atoms with Gasteiger partial charge in [-0.1, -0.05) is 18.2 Å². The Kier molecular flexibility index (Phi) is 7.54. The average molecular weight is 448 g/mol. The molecule has 0 unspecified atom stereocenters. The molecule has 0 aromatic heterocycles. The lowest BCUT2D eigenvalue weighted by atomic mass is 9.99. The van der Waals surface area contributed by atoms with Gasteiger partial charge in [-0.25, -0.2) is 0 Å². The maximum Gasteiger partial charge on any atom is 0.259 e. The van der Waals surface area contributed by atoms with Crippen LogP contribution in [0.1, 0.15) is 15.9 Å². The van der Waals surface area contributed by atoms with E-state index in [1.54, 1.807) is 0 Å². The summed E-state index contributed by atoms with van der Waals surface area (Å²) >= 11 is 0. The molecule has 174 valence electrons. The van der Waals surface area contributed by atoms with Crippen LogP contribution in [0.5, 0.6) is 11.5 Å². The predicted molar refractivity (Wildman–Crippen MR) is 114 cm³/mol. The molecule has 0 radical (unpaired) electrons. The van der Waals surface area contributed by atoms with Gasteiger partial charge in [-0.3, -0.25) is 4.79 Å². The largest absolute Gasteiger partial charge is 0.507 e. The van der Waals surface area contributed by atoms with Crippen LogP contribution in [0.2, 0.25) is 0 Å². The Bertz CT molecular complexity index is 919. The number of carbonyl (C=O) groups is 1. The Morgan fingerprint density at radius 3 is 2.38 bits per heavy atom. The monoisotopic (exact) mass is 448 g/mol. The van der Waals surface area contributed by atoms with Crippen LogP contribution in [0.25, 0.3) is 0 Å². The number of aliphatic hydroxyl groups is 4. The van der Waals surface area contributed by atoms with Crippen molar-refractivity contribution in [2.45, 2.75) is 37.3 Å². The molecule has 1 fully saturated rings. The summed E-state index contributed by atoms with van der Waals surface area (Å²) < 4.78 is 10.9. The van der Waals surface area contributed by atoms with Crippen molar-refractivity contribution in [3.8, 4) is 11.5 Å². The lowest BCUT2D eigenvalue weighted by Crippen LogP contribution is -2.60. The van der Waals surface area contributed by atoms with Crippen molar-refractivity contribution in [1.29, 1.82) is 0 Å². The molecule has 5 atom stereocenters. The quantitative estimate of drug-likeness (QED) is 0.331. The highest BCUT2D eigenvalue weighted by Crippen LogP contribution is 2.31. The number of aliphatic hydroxyl groups excluding tert-OH is 4. The van der Waals surface area contributed by atoms with Crippen LogP contribution in [0.4, 0.5) is 5.69 Å². The molecule has 1 saturated heterocycles. The Morgan fingerprint density at radius 2 is 1.75 bits per heavy atom. The second kappa shape index (κ2) is 10.2. The molecule has 0 saturated carbocycles. The summed E-state index contributed by atoms with van der Waals surface area (Å²) in [6.07, 6.45) is -7.48. The number of rotatable bonds is 7. The summed E-state index contributed by atoms with van der Waals surface area (Å²) in [7, 11) is 3.85. The van der Waals surface area contributed by atoms with E-state index in [0.29, 0.717) is 0 Å². The molecule has 0 bridgehead atoms. The Balaban J connectivity index is 1.74. The lowest BCUT2D eigenvalue weighted by Gasteiger charge is -2.39. The first-order chi connectivity index (χ1) is 15.2. The van der Waals surface area contributed by atoms with E-state index in [4.69, 9.17) is 9.47 Å². The molecule has 2 aromatic rings. The molecule has 1 aliphatic rings. The standard InChI is InChI=1S/C22H28N2O8/c1-24(2)13-8-6-12(7-9-13)10-23-21(30)17-14(26)4-3-5-15(17)31-22-20(29)19(28)18(27)16(11-25)32-22/h3-9,16,18-20,22,25-29H,10-11H2,1-2H3,(H,23,30)/t16-,18-,19+,20-,22-/m1/s1. The topological polar surface area (TPSA) is 152 Å². The van der Waals surface area contributed by atoms with Crippen LogP contribution < -0.4 is 15.0 Å². The van der Waals surface area contributed by atoms with Gasteiger partial charge >= 0.3 is 0 Å². The highest BCUT2D eigenvalue weighted by atomic mass is 16.7. The highest BCUT2D eigenvalue weighted by Gasteiger charge is 2.45. The number of nitrogens with zero attached hydrogens (tertiary/aromatic N) is 1. The highest BCUT2D eigenvalue weighted by molar-refractivity contribution is 5.99. The van der Waals surface area contributed by atoms with Crippen molar-refractivity contribution in [2.24, 2.45) is 0 Å². The van der Waals surface area contributed by atoms with E-state index in [-0.39, 0.29) is 23.6 Å². The van der Waals surface area contributed by atoms with E-state index in [0.717, 1.165) is 11.3 Å². The molecular formula is C22H28N2O8. The summed E-state index contributed by atoms with van der Waals surface area (Å²) in [6.45, 7) is -0.425. The van der Waals surface area contributed by atoms with E-state index >= 15 is 0 Å². The SMILES string of the molecule is CN(C)c1ccc(CNC(=O)c2c(O)cccc2O[C@@H]2O[C@H](CO)[C@@H](O)[C@H](O)[C@H]2O)cc1. The number of nitrogens with one attached hydrogen (secondary N) is 1. The van der Waals surface area contributed by atoms with E-state index < -0.39 is 43.2 Å². The van der Waals surface area contributed by atoms with E-state index in [1.807, 2.05) is 43.3 Å². The summed E-state index contributed by atoms with van der Waals surface area (Å²) in [5, 5.41) is 52.3. The third-order valence-corrected chi connectivity index (χ3v) is 5.23. The Morgan fingerprint density at radius 1 is 1.06 bits per heavy atom. The van der Waals surface area contributed by atoms with Gasteiger partial charge in [0.25, 0.3) is 5.91 Å². The zero-order chi connectivity index (χ0) is 23.4. The first-order valence-electron chi connectivity index (χ1n) is 10.1. The van der Waals surface area contributed by atoms with Gasteiger partial charge in [0, 0.05) is 26.3 Å². The molecule has 32 heavy (non-hydrogen) atoms. The zero-order valence-electron chi connectivity index (χ0n) is 17.8. The van der Waals surface area contributed by atoms with Crippen LogP contribution in [0.15, 0.2) is 42.5 Å². The van der Waals surface area contributed by atoms with Gasteiger partial charge in [0.05, 0.1) is 6.61 Å². The number of carbonyl (C=O) groups excluding carboxylic acids is 1. The van der Waals surface area contributed by atoms with Crippen LogP contribution >= 0.6 is 0 Å². The molecular weight excluding hydrogens is 420 g/mol. The fraction of sp³-hybridized carbons (Fsp3) is 0.409. The molecule has 6 N–H and O–H groups in total. The van der Waals surface area contributed by atoms with Gasteiger partial charge < -0.3 is 45.2 Å². The van der Waals surface area contributed by atoms with Gasteiger partial charge in [-0.05, 0) is 29.8 Å². The molecule has 0 aliphatic carbocycles. The molecule has 1 heterocycles. The third-order valence-electron chi connectivity index (χ3n) is 5.23. The summed E-state index contributed by atoms with van der Waals surface area (Å²) in [4.78, 5) is 14.8. The number of hydrogen-bond acceptors (Lipinski definition) is 9. The number of hydrogen-bond donors (Lipinski definition) is 6. The number of ether oxygens (including phenoxy) is 2. The van der Waals surface area contributed by atoms with E-state index in [2.05, 4.69) is 5.32 Å². The fourth-order valence-corrected chi connectivity index (χ4v) is 3.32. The lowest BCUT2D eigenvalue weighted by molar-refractivity contribution is -0.277. The normalized spacial score (nSPS) is 25.2. The molecule has 10 nitrogen and oxygen atoms in total. The average Bonchev–Trinajstić information content (AvgIpc) is 2.78. The van der Waals surface area contributed by atoms with Gasteiger partial charge in [-0.2, -0.15) is 0 Å². The molecule has 10 heteroatoms. The minimum Gasteiger partial charge on any atom is -0.507 e. The third kappa shape index (κ3) is 5.12. The summed E-state index contributed by atoms with van der Waals surface area (Å²) in [6, 6.07) is 11.7. The van der Waals surface area contributed by atoms with E-state index in [9.17, 15) is 30.3 Å². The van der Waals surface area contributed by atoms with Crippen LogP contribution in [0.3, 0.4) is 0 Å². The minimum absolute atomic E-state index is 0.102. The van der Waals surface area contributed by atoms with Gasteiger partial charge in [-0.15, -0.1) is 0 Å². The predicted octanol–water partition coefficient (Wildman–Crippen LogP) is -0.433. The van der Waals surface area contributed by atoms with Crippen molar-refractivity contribution >= 4 is 11.6 Å². The fourth-order valence-electron chi connectivity index (χ4n) is 3.32.